The van der Waals surface area contributed by atoms with E-state index in [4.69, 9.17) is 4.74 Å². The molecule has 4 saturated carbocycles. The minimum Gasteiger partial charge on any atom is -0.467 e. The topological polar surface area (TPSA) is 46.6 Å². The van der Waals surface area contributed by atoms with Crippen LogP contribution in [-0.2, 0) is 14.3 Å². The minimum atomic E-state index is -0.324. The fourth-order valence-corrected chi connectivity index (χ4v) is 6.07. The predicted molar refractivity (Wildman–Crippen MR) is 77.4 cm³/mol. The van der Waals surface area contributed by atoms with Gasteiger partial charge in [0.15, 0.2) is 0 Å². The van der Waals surface area contributed by atoms with E-state index >= 15 is 0 Å². The van der Waals surface area contributed by atoms with Gasteiger partial charge in [-0.05, 0) is 69.1 Å². The number of carbonyl (C=O) groups excluding carboxylic acids is 2. The molecule has 0 unspecified atom stereocenters. The number of amides is 1. The van der Waals surface area contributed by atoms with Gasteiger partial charge in [0.05, 0.1) is 12.5 Å². The third-order valence-corrected chi connectivity index (χ3v) is 6.48. The molecule has 4 aliphatic carbocycles. The van der Waals surface area contributed by atoms with Crippen molar-refractivity contribution < 1.29 is 14.3 Å². The van der Waals surface area contributed by atoms with Crippen LogP contribution in [0.25, 0.3) is 0 Å². The lowest BCUT2D eigenvalue weighted by molar-refractivity contribution is -0.164. The molecule has 5 rings (SSSR count). The maximum atomic E-state index is 13.2. The molecule has 0 aromatic rings. The van der Waals surface area contributed by atoms with Gasteiger partial charge in [0, 0.05) is 6.54 Å². The number of methoxy groups -OCH3 is 1. The molecule has 21 heavy (non-hydrogen) atoms. The first-order valence-electron chi connectivity index (χ1n) is 8.50. The smallest absolute Gasteiger partial charge is 0.328 e. The summed E-state index contributed by atoms with van der Waals surface area (Å²) in [6, 6.07) is -0.324. The van der Waals surface area contributed by atoms with Crippen LogP contribution in [-0.4, -0.2) is 36.5 Å². The molecule has 4 nitrogen and oxygen atoms in total. The van der Waals surface area contributed by atoms with Gasteiger partial charge in [-0.15, -0.1) is 0 Å². The van der Waals surface area contributed by atoms with E-state index in [9.17, 15) is 9.59 Å². The highest BCUT2D eigenvalue weighted by Gasteiger charge is 2.56. The number of carbonyl (C=O) groups is 2. The fraction of sp³-hybridized carbons (Fsp3) is 0.882. The molecule has 116 valence electrons. The number of hydrogen-bond acceptors (Lipinski definition) is 3. The Hall–Kier alpha value is -1.06. The summed E-state index contributed by atoms with van der Waals surface area (Å²) < 4.78 is 4.90. The number of esters is 1. The highest BCUT2D eigenvalue weighted by Crippen LogP contribution is 2.60. The van der Waals surface area contributed by atoms with Crippen molar-refractivity contribution in [3.63, 3.8) is 0 Å². The SMILES string of the molecule is COC(=O)[C@@H]1CCCN1C(=O)C12CC3CC(CC(C3)C1)C2. The van der Waals surface area contributed by atoms with Crippen molar-refractivity contribution in [2.24, 2.45) is 23.2 Å². The standard InChI is InChI=1S/C17H25NO3/c1-21-15(19)14-3-2-4-18(14)16(20)17-8-11-5-12(9-17)7-13(6-11)10-17/h11-14H,2-10H2,1H3/t11?,12?,13?,14-,17?/m0/s1. The summed E-state index contributed by atoms with van der Waals surface area (Å²) in [5, 5.41) is 0. The van der Waals surface area contributed by atoms with Crippen molar-refractivity contribution in [1.82, 2.24) is 4.90 Å². The van der Waals surface area contributed by atoms with Gasteiger partial charge in [0.1, 0.15) is 6.04 Å². The summed E-state index contributed by atoms with van der Waals surface area (Å²) in [6.07, 6.45) is 8.93. The van der Waals surface area contributed by atoms with Crippen molar-refractivity contribution in [3.05, 3.63) is 0 Å². The van der Waals surface area contributed by atoms with Gasteiger partial charge in [0.25, 0.3) is 0 Å². The molecule has 0 radical (unpaired) electrons. The number of likely N-dealkylation sites (tertiary alicyclic amines) is 1. The van der Waals surface area contributed by atoms with Crippen LogP contribution < -0.4 is 0 Å². The van der Waals surface area contributed by atoms with E-state index in [0.717, 1.165) is 56.4 Å². The first-order chi connectivity index (χ1) is 10.1. The summed E-state index contributed by atoms with van der Waals surface area (Å²) in [6.45, 7) is 0.736. The first kappa shape index (κ1) is 13.6. The molecule has 4 bridgehead atoms. The lowest BCUT2D eigenvalue weighted by atomic mass is 9.49. The summed E-state index contributed by atoms with van der Waals surface area (Å²) in [4.78, 5) is 27.0. The zero-order chi connectivity index (χ0) is 14.6. The van der Waals surface area contributed by atoms with E-state index in [-0.39, 0.29) is 23.3 Å². The second-order valence-corrected chi connectivity index (χ2v) is 7.88. The van der Waals surface area contributed by atoms with Crippen LogP contribution in [0.15, 0.2) is 0 Å². The Kier molecular flexibility index (Phi) is 3.05. The van der Waals surface area contributed by atoms with Gasteiger partial charge in [-0.25, -0.2) is 4.79 Å². The quantitative estimate of drug-likeness (QED) is 0.734. The zero-order valence-corrected chi connectivity index (χ0v) is 12.8. The van der Waals surface area contributed by atoms with Crippen LogP contribution in [0, 0.1) is 23.2 Å². The highest BCUT2D eigenvalue weighted by molar-refractivity contribution is 5.89. The Labute approximate surface area is 126 Å². The Morgan fingerprint density at radius 2 is 1.62 bits per heavy atom. The molecule has 1 heterocycles. The Bertz CT molecular complexity index is 437. The van der Waals surface area contributed by atoms with Crippen LogP contribution in [0.5, 0.6) is 0 Å². The fourth-order valence-electron chi connectivity index (χ4n) is 6.07. The molecule has 1 saturated heterocycles. The van der Waals surface area contributed by atoms with E-state index in [0.29, 0.717) is 0 Å². The van der Waals surface area contributed by atoms with Crippen molar-refractivity contribution >= 4 is 11.9 Å². The molecule has 0 spiro atoms. The van der Waals surface area contributed by atoms with E-state index in [1.807, 2.05) is 4.90 Å². The van der Waals surface area contributed by atoms with Gasteiger partial charge >= 0.3 is 5.97 Å². The Morgan fingerprint density at radius 3 is 2.14 bits per heavy atom. The largest absolute Gasteiger partial charge is 0.467 e. The Balaban J connectivity index is 1.58. The third kappa shape index (κ3) is 2.01. The lowest BCUT2D eigenvalue weighted by Gasteiger charge is -2.56. The van der Waals surface area contributed by atoms with Crippen molar-refractivity contribution in [1.29, 1.82) is 0 Å². The molecule has 0 aromatic carbocycles. The van der Waals surface area contributed by atoms with Gasteiger partial charge in [-0.2, -0.15) is 0 Å². The molecule has 0 aromatic heterocycles. The molecular formula is C17H25NO3. The number of hydrogen-bond donors (Lipinski definition) is 0. The second kappa shape index (κ2) is 4.72. The van der Waals surface area contributed by atoms with Crippen molar-refractivity contribution in [2.45, 2.75) is 57.4 Å². The molecule has 5 fully saturated rings. The normalized spacial score (nSPS) is 44.1. The summed E-state index contributed by atoms with van der Waals surface area (Å²) in [5.74, 6) is 2.33. The molecule has 4 heteroatoms. The number of nitrogens with zero attached hydrogens (tertiary/aromatic N) is 1. The highest BCUT2D eigenvalue weighted by atomic mass is 16.5. The molecule has 0 N–H and O–H groups in total. The lowest BCUT2D eigenvalue weighted by Crippen LogP contribution is -2.56. The van der Waals surface area contributed by atoms with E-state index in [1.54, 1.807) is 0 Å². The van der Waals surface area contributed by atoms with Crippen LogP contribution in [0.1, 0.15) is 51.4 Å². The average Bonchev–Trinajstić information content (AvgIpc) is 2.93. The van der Waals surface area contributed by atoms with Crippen molar-refractivity contribution in [2.75, 3.05) is 13.7 Å². The monoisotopic (exact) mass is 291 g/mol. The minimum absolute atomic E-state index is 0.134. The average molecular weight is 291 g/mol. The van der Waals surface area contributed by atoms with Crippen LogP contribution in [0.4, 0.5) is 0 Å². The van der Waals surface area contributed by atoms with Gasteiger partial charge < -0.3 is 9.64 Å². The Morgan fingerprint density at radius 1 is 1.05 bits per heavy atom. The molecule has 5 aliphatic rings. The maximum absolute atomic E-state index is 13.2. The maximum Gasteiger partial charge on any atom is 0.328 e. The zero-order valence-electron chi connectivity index (χ0n) is 12.8. The van der Waals surface area contributed by atoms with Gasteiger partial charge in [-0.1, -0.05) is 0 Å². The third-order valence-electron chi connectivity index (χ3n) is 6.48. The summed E-state index contributed by atoms with van der Waals surface area (Å²) >= 11 is 0. The second-order valence-electron chi connectivity index (χ2n) is 7.88. The van der Waals surface area contributed by atoms with Crippen LogP contribution >= 0.6 is 0 Å². The van der Waals surface area contributed by atoms with Crippen LogP contribution in [0.3, 0.4) is 0 Å². The van der Waals surface area contributed by atoms with Crippen molar-refractivity contribution in [3.8, 4) is 0 Å². The molecule has 1 atom stereocenters. The van der Waals surface area contributed by atoms with Crippen LogP contribution in [0.2, 0.25) is 0 Å². The predicted octanol–water partition coefficient (Wildman–Crippen LogP) is 2.37. The van der Waals surface area contributed by atoms with E-state index in [2.05, 4.69) is 0 Å². The van der Waals surface area contributed by atoms with E-state index < -0.39 is 0 Å². The summed E-state index contributed by atoms with van der Waals surface area (Å²) in [5.41, 5.74) is -0.134. The van der Waals surface area contributed by atoms with Gasteiger partial charge in [-0.3, -0.25) is 4.79 Å². The molecule has 1 amide bonds. The number of rotatable bonds is 2. The molecular weight excluding hydrogens is 266 g/mol. The van der Waals surface area contributed by atoms with Gasteiger partial charge in [0.2, 0.25) is 5.91 Å². The van der Waals surface area contributed by atoms with E-state index in [1.165, 1.54) is 26.4 Å². The number of ether oxygens (including phenoxy) is 1. The molecule has 1 aliphatic heterocycles. The first-order valence-corrected chi connectivity index (χ1v) is 8.50. The summed E-state index contributed by atoms with van der Waals surface area (Å²) in [7, 11) is 1.42.